The van der Waals surface area contributed by atoms with Gasteiger partial charge in [0.1, 0.15) is 11.5 Å². The number of ether oxygens (including phenoxy) is 4. The summed E-state index contributed by atoms with van der Waals surface area (Å²) in [6.07, 6.45) is 0.938. The molecule has 3 rings (SSSR count). The topological polar surface area (TPSA) is 66.0 Å². The van der Waals surface area contributed by atoms with Gasteiger partial charge in [0.2, 0.25) is 5.91 Å². The van der Waals surface area contributed by atoms with Crippen molar-refractivity contribution in [3.8, 4) is 34.1 Å². The van der Waals surface area contributed by atoms with Crippen molar-refractivity contribution in [1.82, 2.24) is 0 Å². The Morgan fingerprint density at radius 2 is 1.42 bits per heavy atom. The van der Waals surface area contributed by atoms with E-state index in [2.05, 4.69) is 5.32 Å². The van der Waals surface area contributed by atoms with Crippen LogP contribution in [-0.4, -0.2) is 34.3 Å². The second kappa shape index (κ2) is 10.4. The molecule has 0 radical (unpaired) electrons. The summed E-state index contributed by atoms with van der Waals surface area (Å²) < 4.78 is 21.3. The molecule has 0 aliphatic rings. The van der Waals surface area contributed by atoms with Crippen LogP contribution in [0.3, 0.4) is 0 Å². The molecule has 3 aromatic carbocycles. The molecule has 1 amide bonds. The van der Waals surface area contributed by atoms with Crippen molar-refractivity contribution in [3.05, 3.63) is 66.2 Å². The number of amides is 1. The van der Waals surface area contributed by atoms with E-state index >= 15 is 0 Å². The van der Waals surface area contributed by atoms with Gasteiger partial charge in [-0.05, 0) is 60.0 Å². The molecule has 31 heavy (non-hydrogen) atoms. The van der Waals surface area contributed by atoms with Gasteiger partial charge in [-0.15, -0.1) is 0 Å². The van der Waals surface area contributed by atoms with Crippen LogP contribution in [0.25, 0.3) is 11.1 Å². The van der Waals surface area contributed by atoms with E-state index in [1.807, 2.05) is 60.7 Å². The van der Waals surface area contributed by atoms with Crippen LogP contribution in [-0.2, 0) is 11.2 Å². The minimum atomic E-state index is -0.0689. The largest absolute Gasteiger partial charge is 0.497 e. The number of carbonyl (C=O) groups is 1. The molecule has 0 aliphatic heterocycles. The maximum Gasteiger partial charge on any atom is 0.224 e. The zero-order valence-electron chi connectivity index (χ0n) is 18.2. The summed E-state index contributed by atoms with van der Waals surface area (Å²) in [4.78, 5) is 12.5. The first kappa shape index (κ1) is 22.0. The summed E-state index contributed by atoms with van der Waals surface area (Å²) in [5, 5.41) is 2.97. The summed E-state index contributed by atoms with van der Waals surface area (Å²) in [7, 11) is 6.45. The van der Waals surface area contributed by atoms with Gasteiger partial charge in [-0.1, -0.05) is 18.2 Å². The predicted octanol–water partition coefficient (Wildman–Crippen LogP) is 4.96. The predicted molar refractivity (Wildman–Crippen MR) is 121 cm³/mol. The molecule has 0 heterocycles. The number of hydrogen-bond donors (Lipinski definition) is 1. The molecule has 1 N–H and O–H groups in total. The number of benzene rings is 3. The fraction of sp³-hybridized carbons (Fsp3) is 0.240. The maximum atomic E-state index is 12.5. The Labute approximate surface area is 182 Å². The minimum absolute atomic E-state index is 0.0689. The van der Waals surface area contributed by atoms with Crippen molar-refractivity contribution in [1.29, 1.82) is 0 Å². The van der Waals surface area contributed by atoms with E-state index in [9.17, 15) is 4.79 Å². The molecule has 0 aromatic heterocycles. The first-order valence-electron chi connectivity index (χ1n) is 9.91. The van der Waals surface area contributed by atoms with Crippen molar-refractivity contribution < 1.29 is 23.7 Å². The molecule has 0 bridgehead atoms. The molecule has 6 heteroatoms. The number of hydrogen-bond acceptors (Lipinski definition) is 5. The normalized spacial score (nSPS) is 10.3. The molecule has 0 atom stereocenters. The summed E-state index contributed by atoms with van der Waals surface area (Å²) in [6.45, 7) is 0. The number of methoxy groups -OCH3 is 4. The van der Waals surface area contributed by atoms with Gasteiger partial charge >= 0.3 is 0 Å². The average Bonchev–Trinajstić information content (AvgIpc) is 2.82. The smallest absolute Gasteiger partial charge is 0.224 e. The zero-order valence-corrected chi connectivity index (χ0v) is 18.2. The Kier molecular flexibility index (Phi) is 7.38. The van der Waals surface area contributed by atoms with Crippen LogP contribution in [0.4, 0.5) is 5.69 Å². The standard InChI is InChI=1S/C25H27NO5/c1-28-20-10-7-18(8-11-20)21-16-19(9-13-22(21)29-2)26-25(27)14-6-17-5-12-23(30-3)24(15-17)31-4/h5,7-13,15-16H,6,14H2,1-4H3,(H,26,27). The summed E-state index contributed by atoms with van der Waals surface area (Å²) in [6, 6.07) is 19.0. The molecule has 0 saturated heterocycles. The molecular weight excluding hydrogens is 394 g/mol. The molecular formula is C25H27NO5. The molecule has 0 spiro atoms. The molecule has 0 fully saturated rings. The van der Waals surface area contributed by atoms with Crippen molar-refractivity contribution in [2.24, 2.45) is 0 Å². The van der Waals surface area contributed by atoms with E-state index in [0.717, 1.165) is 28.2 Å². The quantitative estimate of drug-likeness (QED) is 0.529. The zero-order chi connectivity index (χ0) is 22.2. The third-order valence-electron chi connectivity index (χ3n) is 4.97. The SMILES string of the molecule is COc1ccc(-c2cc(NC(=O)CCc3ccc(OC)c(OC)c3)ccc2OC)cc1. The lowest BCUT2D eigenvalue weighted by Crippen LogP contribution is -2.12. The van der Waals surface area contributed by atoms with Gasteiger partial charge in [-0.2, -0.15) is 0 Å². The van der Waals surface area contributed by atoms with Crippen LogP contribution in [0.15, 0.2) is 60.7 Å². The fourth-order valence-corrected chi connectivity index (χ4v) is 3.30. The van der Waals surface area contributed by atoms with Crippen LogP contribution in [0, 0.1) is 0 Å². The minimum Gasteiger partial charge on any atom is -0.497 e. The van der Waals surface area contributed by atoms with Crippen LogP contribution < -0.4 is 24.3 Å². The van der Waals surface area contributed by atoms with E-state index in [1.54, 1.807) is 28.4 Å². The van der Waals surface area contributed by atoms with Gasteiger partial charge in [-0.3, -0.25) is 4.79 Å². The number of anilines is 1. The monoisotopic (exact) mass is 421 g/mol. The molecule has 6 nitrogen and oxygen atoms in total. The maximum absolute atomic E-state index is 12.5. The van der Waals surface area contributed by atoms with Gasteiger partial charge in [0.15, 0.2) is 11.5 Å². The van der Waals surface area contributed by atoms with Gasteiger partial charge < -0.3 is 24.3 Å². The molecule has 0 saturated carbocycles. The summed E-state index contributed by atoms with van der Waals surface area (Å²) in [5.41, 5.74) is 3.58. The molecule has 162 valence electrons. The second-order valence-corrected chi connectivity index (χ2v) is 6.88. The van der Waals surface area contributed by atoms with Crippen LogP contribution in [0.5, 0.6) is 23.0 Å². The Hall–Kier alpha value is -3.67. The van der Waals surface area contributed by atoms with Gasteiger partial charge in [0.25, 0.3) is 0 Å². The van der Waals surface area contributed by atoms with Crippen LogP contribution in [0.2, 0.25) is 0 Å². The Morgan fingerprint density at radius 1 is 0.742 bits per heavy atom. The lowest BCUT2D eigenvalue weighted by atomic mass is 10.0. The van der Waals surface area contributed by atoms with Crippen LogP contribution in [0.1, 0.15) is 12.0 Å². The molecule has 0 aliphatic carbocycles. The van der Waals surface area contributed by atoms with Crippen LogP contribution >= 0.6 is 0 Å². The van der Waals surface area contributed by atoms with Gasteiger partial charge in [-0.25, -0.2) is 0 Å². The first-order valence-corrected chi connectivity index (χ1v) is 9.91. The van der Waals surface area contributed by atoms with E-state index in [-0.39, 0.29) is 5.91 Å². The third-order valence-corrected chi connectivity index (χ3v) is 4.97. The van der Waals surface area contributed by atoms with E-state index in [0.29, 0.717) is 30.0 Å². The Balaban J connectivity index is 1.69. The number of nitrogens with one attached hydrogen (secondary N) is 1. The van der Waals surface area contributed by atoms with Gasteiger partial charge in [0, 0.05) is 17.7 Å². The van der Waals surface area contributed by atoms with E-state index in [4.69, 9.17) is 18.9 Å². The highest BCUT2D eigenvalue weighted by atomic mass is 16.5. The third kappa shape index (κ3) is 5.48. The average molecular weight is 421 g/mol. The van der Waals surface area contributed by atoms with Crippen molar-refractivity contribution in [2.45, 2.75) is 12.8 Å². The second-order valence-electron chi connectivity index (χ2n) is 6.88. The highest BCUT2D eigenvalue weighted by Gasteiger charge is 2.11. The lowest BCUT2D eigenvalue weighted by molar-refractivity contribution is -0.116. The van der Waals surface area contributed by atoms with Gasteiger partial charge in [0.05, 0.1) is 28.4 Å². The fourth-order valence-electron chi connectivity index (χ4n) is 3.30. The van der Waals surface area contributed by atoms with E-state index in [1.165, 1.54) is 0 Å². The first-order chi connectivity index (χ1) is 15.1. The highest BCUT2D eigenvalue weighted by molar-refractivity contribution is 5.92. The van der Waals surface area contributed by atoms with E-state index < -0.39 is 0 Å². The summed E-state index contributed by atoms with van der Waals surface area (Å²) in [5.74, 6) is 2.76. The lowest BCUT2D eigenvalue weighted by Gasteiger charge is -2.13. The van der Waals surface area contributed by atoms with Crippen molar-refractivity contribution in [2.75, 3.05) is 33.8 Å². The van der Waals surface area contributed by atoms with Crippen molar-refractivity contribution in [3.63, 3.8) is 0 Å². The number of rotatable bonds is 9. The Morgan fingerprint density at radius 3 is 2.06 bits per heavy atom. The summed E-state index contributed by atoms with van der Waals surface area (Å²) >= 11 is 0. The Bertz CT molecular complexity index is 1030. The number of carbonyl (C=O) groups excluding carboxylic acids is 1. The van der Waals surface area contributed by atoms with Crippen molar-refractivity contribution >= 4 is 11.6 Å². The molecule has 3 aromatic rings. The molecule has 0 unspecified atom stereocenters. The number of aryl methyl sites for hydroxylation is 1. The highest BCUT2D eigenvalue weighted by Crippen LogP contribution is 2.33.